The fourth-order valence-electron chi connectivity index (χ4n) is 1.15. The van der Waals surface area contributed by atoms with Crippen LogP contribution in [0.2, 0.25) is 4.47 Å². The lowest BCUT2D eigenvalue weighted by atomic mass is 10.5. The SMILES string of the molecule is CN/C(=N\[N+](=O)[O-])NCc1cnc(Cl)s1.COP(=O)(NC(C)=O)SC. The van der Waals surface area contributed by atoms with Crippen LogP contribution in [0.25, 0.3) is 0 Å². The molecule has 0 saturated carbocycles. The number of thiazole rings is 1. The zero-order valence-corrected chi connectivity index (χ0v) is 17.1. The number of guanidine groups is 1. The summed E-state index contributed by atoms with van der Waals surface area (Å²) in [5.74, 6) is -0.260. The molecular formula is C10H18ClN6O5PS2. The molecule has 0 bridgehead atoms. The van der Waals surface area contributed by atoms with E-state index in [0.717, 1.165) is 16.3 Å². The third kappa shape index (κ3) is 10.9. The van der Waals surface area contributed by atoms with Crippen LogP contribution < -0.4 is 15.7 Å². The van der Waals surface area contributed by atoms with Crippen LogP contribution in [-0.2, 0) is 20.4 Å². The van der Waals surface area contributed by atoms with Crippen molar-refractivity contribution in [2.45, 2.75) is 13.5 Å². The average molecular weight is 433 g/mol. The van der Waals surface area contributed by atoms with Gasteiger partial charge in [0, 0.05) is 32.2 Å². The van der Waals surface area contributed by atoms with Crippen LogP contribution in [0.15, 0.2) is 11.3 Å². The lowest BCUT2D eigenvalue weighted by Crippen LogP contribution is -2.34. The average Bonchev–Trinajstić information content (AvgIpc) is 2.96. The van der Waals surface area contributed by atoms with Crippen molar-refractivity contribution in [2.75, 3.05) is 20.4 Å². The molecule has 1 aromatic heterocycles. The highest BCUT2D eigenvalue weighted by Crippen LogP contribution is 2.53. The number of nitrogens with zero attached hydrogens (tertiary/aromatic N) is 3. The molecule has 0 spiro atoms. The molecule has 11 nitrogen and oxygen atoms in total. The number of hydrazone groups is 1. The number of halogens is 1. The summed E-state index contributed by atoms with van der Waals surface area (Å²) in [5, 5.41) is 19.9. The third-order valence-corrected chi connectivity index (χ3v) is 6.98. The number of amides is 1. The molecule has 15 heteroatoms. The molecule has 0 saturated heterocycles. The highest BCUT2D eigenvalue weighted by Gasteiger charge is 2.20. The van der Waals surface area contributed by atoms with Crippen LogP contribution in [0.1, 0.15) is 11.8 Å². The largest absolute Gasteiger partial charge is 0.354 e. The molecule has 142 valence electrons. The first-order chi connectivity index (χ1) is 11.7. The zero-order chi connectivity index (χ0) is 19.5. The molecule has 25 heavy (non-hydrogen) atoms. The van der Waals surface area contributed by atoms with E-state index in [1.165, 1.54) is 32.4 Å². The van der Waals surface area contributed by atoms with Gasteiger partial charge < -0.3 is 15.2 Å². The van der Waals surface area contributed by atoms with E-state index >= 15 is 0 Å². The van der Waals surface area contributed by atoms with Crippen LogP contribution in [0.5, 0.6) is 0 Å². The van der Waals surface area contributed by atoms with Crippen molar-refractivity contribution in [2.24, 2.45) is 5.10 Å². The predicted molar refractivity (Wildman–Crippen MR) is 99.4 cm³/mol. The van der Waals surface area contributed by atoms with Gasteiger partial charge in [-0.15, -0.1) is 11.3 Å². The van der Waals surface area contributed by atoms with Crippen molar-refractivity contribution in [3.05, 3.63) is 25.7 Å². The van der Waals surface area contributed by atoms with Gasteiger partial charge in [0.2, 0.25) is 5.91 Å². The maximum Gasteiger partial charge on any atom is 0.352 e. The molecule has 1 aromatic rings. The lowest BCUT2D eigenvalue weighted by Gasteiger charge is -2.11. The van der Waals surface area contributed by atoms with Gasteiger partial charge in [0.15, 0.2) is 9.50 Å². The molecule has 3 N–H and O–H groups in total. The Morgan fingerprint density at radius 3 is 2.60 bits per heavy atom. The standard InChI is InChI=1S/C6H8ClN5O2S.C4H10NO3PS/c1-8-6(11-12(13)14)10-3-4-2-9-5(7)15-4;1-4(6)5-9(7,8-2)10-3/h2H,3H2,1H3,(H2,8,10,11);1-3H3,(H,5,6,7). The van der Waals surface area contributed by atoms with Gasteiger partial charge in [-0.25, -0.2) is 15.1 Å². The van der Waals surface area contributed by atoms with Gasteiger partial charge in [-0.05, 0) is 6.26 Å². The number of carbonyl (C=O) groups is 1. The second-order valence-corrected chi connectivity index (χ2v) is 10.1. The van der Waals surface area contributed by atoms with Crippen molar-refractivity contribution in [1.82, 2.24) is 20.7 Å². The number of hydrogen-bond acceptors (Lipinski definition) is 8. The first-order valence-electron chi connectivity index (χ1n) is 6.41. The molecule has 0 aliphatic heterocycles. The van der Waals surface area contributed by atoms with E-state index in [9.17, 15) is 19.5 Å². The van der Waals surface area contributed by atoms with E-state index in [1.54, 1.807) is 12.5 Å². The quantitative estimate of drug-likeness (QED) is 0.201. The number of rotatable bonds is 6. The van der Waals surface area contributed by atoms with E-state index < -0.39 is 11.8 Å². The Hall–Kier alpha value is -1.40. The van der Waals surface area contributed by atoms with E-state index in [2.05, 4.69) is 30.3 Å². The summed E-state index contributed by atoms with van der Waals surface area (Å²) in [6.45, 7) is -1.24. The van der Waals surface area contributed by atoms with E-state index in [-0.39, 0.29) is 11.9 Å². The predicted octanol–water partition coefficient (Wildman–Crippen LogP) is 1.89. The van der Waals surface area contributed by atoms with E-state index in [4.69, 9.17) is 11.6 Å². The molecule has 0 fully saturated rings. The fourth-order valence-corrected chi connectivity index (χ4v) is 3.89. The molecular weight excluding hydrogens is 415 g/mol. The molecule has 1 amide bonds. The number of nitro groups is 1. The van der Waals surface area contributed by atoms with Crippen LogP contribution in [-0.4, -0.2) is 42.3 Å². The van der Waals surface area contributed by atoms with Crippen molar-refractivity contribution in [3.63, 3.8) is 0 Å². The molecule has 1 unspecified atom stereocenters. The molecule has 0 radical (unpaired) electrons. The number of nitrogens with one attached hydrogen (secondary N) is 3. The second kappa shape index (κ2) is 12.0. The Balaban J connectivity index is 0.000000504. The van der Waals surface area contributed by atoms with Gasteiger partial charge in [0.25, 0.3) is 5.96 Å². The minimum atomic E-state index is -2.92. The Morgan fingerprint density at radius 1 is 1.64 bits per heavy atom. The summed E-state index contributed by atoms with van der Waals surface area (Å²) >= 11 is 7.92. The van der Waals surface area contributed by atoms with Gasteiger partial charge in [-0.3, -0.25) is 14.4 Å². The fraction of sp³-hybridized carbons (Fsp3) is 0.500. The van der Waals surface area contributed by atoms with Crippen LogP contribution in [0.3, 0.4) is 0 Å². The van der Waals surface area contributed by atoms with Gasteiger partial charge in [0.05, 0.1) is 6.54 Å². The molecule has 0 aliphatic carbocycles. The van der Waals surface area contributed by atoms with Gasteiger partial charge in [-0.1, -0.05) is 23.0 Å². The van der Waals surface area contributed by atoms with Crippen molar-refractivity contribution < 1.29 is 18.9 Å². The van der Waals surface area contributed by atoms with E-state index in [1.807, 2.05) is 0 Å². The topological polar surface area (TPSA) is 148 Å². The normalized spacial score (nSPS) is 13.1. The van der Waals surface area contributed by atoms with Crippen molar-refractivity contribution in [3.8, 4) is 0 Å². The summed E-state index contributed by atoms with van der Waals surface area (Å²) < 4.78 is 16.2. The summed E-state index contributed by atoms with van der Waals surface area (Å²) in [5.41, 5.74) is 0. The van der Waals surface area contributed by atoms with Crippen LogP contribution >= 0.6 is 41.0 Å². The highest BCUT2D eigenvalue weighted by molar-refractivity contribution is 8.55. The highest BCUT2D eigenvalue weighted by atomic mass is 35.5. The first-order valence-corrected chi connectivity index (χ1v) is 11.1. The maximum atomic E-state index is 11.2. The van der Waals surface area contributed by atoms with Crippen LogP contribution in [0.4, 0.5) is 0 Å². The molecule has 1 atom stereocenters. The molecule has 1 rings (SSSR count). The zero-order valence-electron chi connectivity index (χ0n) is 13.8. The Labute approximate surface area is 157 Å². The summed E-state index contributed by atoms with van der Waals surface area (Å²) in [4.78, 5) is 25.2. The minimum Gasteiger partial charge on any atom is -0.354 e. The summed E-state index contributed by atoms with van der Waals surface area (Å²) in [7, 11) is 2.84. The molecule has 0 aromatic carbocycles. The molecule has 1 heterocycles. The second-order valence-electron chi connectivity index (χ2n) is 3.90. The van der Waals surface area contributed by atoms with Gasteiger partial charge >= 0.3 is 6.72 Å². The lowest BCUT2D eigenvalue weighted by molar-refractivity contribution is -0.485. The summed E-state index contributed by atoms with van der Waals surface area (Å²) in [6.07, 6.45) is 3.21. The van der Waals surface area contributed by atoms with Gasteiger partial charge in [-0.2, -0.15) is 0 Å². The van der Waals surface area contributed by atoms with Crippen molar-refractivity contribution >= 4 is 52.9 Å². The Kier molecular flexibility index (Phi) is 11.4. The monoisotopic (exact) mass is 432 g/mol. The van der Waals surface area contributed by atoms with Crippen LogP contribution in [0, 0.1) is 10.1 Å². The van der Waals surface area contributed by atoms with Crippen molar-refractivity contribution in [1.29, 1.82) is 0 Å². The third-order valence-electron chi connectivity index (χ3n) is 2.15. The smallest absolute Gasteiger partial charge is 0.352 e. The Bertz CT molecular complexity index is 649. The van der Waals surface area contributed by atoms with E-state index in [0.29, 0.717) is 11.0 Å². The summed E-state index contributed by atoms with van der Waals surface area (Å²) in [6, 6.07) is 0. The first kappa shape index (κ1) is 23.6. The molecule has 0 aliphatic rings. The number of hydrogen-bond donors (Lipinski definition) is 3. The van der Waals surface area contributed by atoms with Gasteiger partial charge in [0.1, 0.15) is 5.10 Å². The number of carbonyl (C=O) groups excluding carboxylic acids is 1. The minimum absolute atomic E-state index is 0.0875. The number of aromatic nitrogens is 1. The Morgan fingerprint density at radius 2 is 2.28 bits per heavy atom. The maximum absolute atomic E-state index is 11.2.